The number of nitriles is 1. The minimum absolute atomic E-state index is 0.0372. The number of halogens is 4. The molecule has 1 aliphatic rings. The number of methoxy groups -OCH3 is 1. The molecule has 0 radical (unpaired) electrons. The molecule has 1 aromatic heterocycles. The van der Waals surface area contributed by atoms with Crippen molar-refractivity contribution < 1.29 is 27.5 Å². The quantitative estimate of drug-likeness (QED) is 0.474. The number of hydrogen-bond acceptors (Lipinski definition) is 6. The third-order valence-corrected chi connectivity index (χ3v) is 6.67. The van der Waals surface area contributed by atoms with Gasteiger partial charge in [0.25, 0.3) is 5.91 Å². The Balaban J connectivity index is 2.08. The van der Waals surface area contributed by atoms with E-state index in [4.69, 9.17) is 11.6 Å². The molecule has 1 aliphatic carbocycles. The highest BCUT2D eigenvalue weighted by atomic mass is 35.5. The van der Waals surface area contributed by atoms with Crippen molar-refractivity contribution in [1.82, 2.24) is 5.32 Å². The van der Waals surface area contributed by atoms with Crippen molar-refractivity contribution in [2.75, 3.05) is 12.4 Å². The van der Waals surface area contributed by atoms with Crippen molar-refractivity contribution in [3.8, 4) is 6.07 Å². The first-order valence-corrected chi connectivity index (χ1v) is 10.8. The summed E-state index contributed by atoms with van der Waals surface area (Å²) in [5.41, 5.74) is -3.05. The molecule has 0 saturated carbocycles. The minimum Gasteiger partial charge on any atom is -0.466 e. The molecule has 2 aromatic rings. The van der Waals surface area contributed by atoms with Gasteiger partial charge in [-0.2, -0.15) is 18.4 Å². The Morgan fingerprint density at radius 3 is 2.50 bits per heavy atom. The van der Waals surface area contributed by atoms with Gasteiger partial charge >= 0.3 is 17.8 Å². The number of amides is 1. The Bertz CT molecular complexity index is 1080. The molecule has 32 heavy (non-hydrogen) atoms. The lowest BCUT2D eigenvalue weighted by Crippen LogP contribution is -2.69. The zero-order valence-corrected chi connectivity index (χ0v) is 18.7. The molecule has 6 nitrogen and oxygen atoms in total. The monoisotopic (exact) mass is 485 g/mol. The van der Waals surface area contributed by atoms with Gasteiger partial charge in [0.05, 0.1) is 12.7 Å². The van der Waals surface area contributed by atoms with Gasteiger partial charge in [-0.25, -0.2) is 4.79 Å². The molecule has 1 amide bonds. The van der Waals surface area contributed by atoms with Crippen molar-refractivity contribution in [2.45, 2.75) is 38.0 Å². The predicted octanol–water partition coefficient (Wildman–Crippen LogP) is 4.67. The average Bonchev–Trinajstić information content (AvgIpc) is 3.07. The van der Waals surface area contributed by atoms with Gasteiger partial charge in [-0.05, 0) is 55.0 Å². The normalized spacial score (nSPS) is 17.5. The number of alkyl halides is 3. The number of benzene rings is 1. The van der Waals surface area contributed by atoms with Gasteiger partial charge in [0, 0.05) is 15.5 Å². The van der Waals surface area contributed by atoms with Gasteiger partial charge in [0.15, 0.2) is 0 Å². The fourth-order valence-corrected chi connectivity index (χ4v) is 5.06. The highest BCUT2D eigenvalue weighted by Gasteiger charge is 2.64. The Morgan fingerprint density at radius 1 is 1.28 bits per heavy atom. The second kappa shape index (κ2) is 9.00. The SMILES string of the molecule is COC(=O)C(NC(=O)c1ccc(Cl)cc1)(Nc1sc2c(c1C#N)CCC(C)C2)C(F)(F)F. The fourth-order valence-electron chi connectivity index (χ4n) is 3.52. The van der Waals surface area contributed by atoms with E-state index in [-0.39, 0.29) is 21.2 Å². The Labute approximate surface area is 191 Å². The van der Waals surface area contributed by atoms with E-state index >= 15 is 0 Å². The first-order chi connectivity index (χ1) is 15.0. The molecule has 0 saturated heterocycles. The summed E-state index contributed by atoms with van der Waals surface area (Å²) in [7, 11) is 0.783. The number of carbonyl (C=O) groups excluding carboxylic acids is 2. The molecule has 1 heterocycles. The summed E-state index contributed by atoms with van der Waals surface area (Å²) in [6.45, 7) is 2.02. The number of hydrogen-bond donors (Lipinski definition) is 2. The zero-order valence-electron chi connectivity index (χ0n) is 17.1. The number of nitrogens with one attached hydrogen (secondary N) is 2. The second-order valence-electron chi connectivity index (χ2n) is 7.49. The largest absolute Gasteiger partial charge is 0.466 e. The molecule has 3 rings (SSSR count). The number of rotatable bonds is 5. The second-order valence-corrected chi connectivity index (χ2v) is 9.03. The van der Waals surface area contributed by atoms with Gasteiger partial charge in [-0.3, -0.25) is 4.79 Å². The van der Waals surface area contributed by atoms with E-state index in [1.54, 1.807) is 5.32 Å². The molecule has 0 bridgehead atoms. The Morgan fingerprint density at radius 2 is 1.94 bits per heavy atom. The summed E-state index contributed by atoms with van der Waals surface area (Å²) in [4.78, 5) is 25.9. The average molecular weight is 486 g/mol. The van der Waals surface area contributed by atoms with E-state index in [1.165, 1.54) is 24.3 Å². The summed E-state index contributed by atoms with van der Waals surface area (Å²) in [5.74, 6) is -2.63. The fraction of sp³-hybridized carbons (Fsp3) is 0.381. The molecule has 2 unspecified atom stereocenters. The first-order valence-electron chi connectivity index (χ1n) is 9.58. The molecule has 0 aliphatic heterocycles. The van der Waals surface area contributed by atoms with Crippen LogP contribution in [0.1, 0.15) is 39.7 Å². The van der Waals surface area contributed by atoms with Crippen molar-refractivity contribution in [3.63, 3.8) is 0 Å². The van der Waals surface area contributed by atoms with Crippen LogP contribution in [0.2, 0.25) is 5.02 Å². The molecule has 170 valence electrons. The molecular formula is C21H19ClF3N3O3S. The summed E-state index contributed by atoms with van der Waals surface area (Å²) in [6, 6.07) is 7.06. The van der Waals surface area contributed by atoms with Crippen molar-refractivity contribution in [1.29, 1.82) is 5.26 Å². The van der Waals surface area contributed by atoms with Crippen LogP contribution in [-0.4, -0.2) is 30.8 Å². The van der Waals surface area contributed by atoms with Crippen LogP contribution in [0.3, 0.4) is 0 Å². The maximum Gasteiger partial charge on any atom is 0.441 e. The van der Waals surface area contributed by atoms with Gasteiger partial charge in [0.2, 0.25) is 0 Å². The Kier molecular flexibility index (Phi) is 6.72. The Hall–Kier alpha value is -2.77. The van der Waals surface area contributed by atoms with Crippen LogP contribution in [0.4, 0.5) is 18.2 Å². The smallest absolute Gasteiger partial charge is 0.441 e. The summed E-state index contributed by atoms with van der Waals surface area (Å²) >= 11 is 6.74. The third-order valence-electron chi connectivity index (χ3n) is 5.25. The van der Waals surface area contributed by atoms with Crippen LogP contribution in [-0.2, 0) is 22.4 Å². The van der Waals surface area contributed by atoms with Gasteiger partial charge in [0.1, 0.15) is 11.1 Å². The molecule has 1 aromatic carbocycles. The van der Waals surface area contributed by atoms with E-state index in [1.807, 2.05) is 13.0 Å². The topological polar surface area (TPSA) is 91.2 Å². The van der Waals surface area contributed by atoms with Gasteiger partial charge in [-0.1, -0.05) is 18.5 Å². The molecule has 11 heteroatoms. The third kappa shape index (κ3) is 4.40. The summed E-state index contributed by atoms with van der Waals surface area (Å²) < 4.78 is 47.5. The number of thiophene rings is 1. The number of ether oxygens (including phenoxy) is 1. The van der Waals surface area contributed by atoms with Gasteiger partial charge in [-0.15, -0.1) is 11.3 Å². The van der Waals surface area contributed by atoms with Crippen LogP contribution in [0.5, 0.6) is 0 Å². The number of fused-ring (bicyclic) bond motifs is 1. The van der Waals surface area contributed by atoms with Gasteiger partial charge < -0.3 is 15.4 Å². The van der Waals surface area contributed by atoms with Crippen LogP contribution in [0.15, 0.2) is 24.3 Å². The summed E-state index contributed by atoms with van der Waals surface area (Å²) in [5, 5.41) is 13.6. The van der Waals surface area contributed by atoms with E-state index in [9.17, 15) is 28.0 Å². The maximum absolute atomic E-state index is 14.3. The highest BCUT2D eigenvalue weighted by Crippen LogP contribution is 2.42. The number of esters is 1. The van der Waals surface area contributed by atoms with Crippen LogP contribution in [0, 0.1) is 17.2 Å². The maximum atomic E-state index is 14.3. The number of carbonyl (C=O) groups is 2. The van der Waals surface area contributed by atoms with Crippen molar-refractivity contribution in [2.24, 2.45) is 5.92 Å². The standard InChI is InChI=1S/C21H19ClF3N3O3S/c1-11-3-8-14-15(10-26)18(32-16(14)9-11)28-20(19(30)31-2,21(23,24)25)27-17(29)12-4-6-13(22)7-5-12/h4-7,11,28H,3,8-9H2,1-2H3,(H,27,29). The van der Waals surface area contributed by atoms with Crippen molar-refractivity contribution in [3.05, 3.63) is 50.9 Å². The van der Waals surface area contributed by atoms with Crippen LogP contribution in [0.25, 0.3) is 0 Å². The van der Waals surface area contributed by atoms with E-state index in [2.05, 4.69) is 10.1 Å². The lowest BCUT2D eigenvalue weighted by Gasteiger charge is -2.34. The lowest BCUT2D eigenvalue weighted by molar-refractivity contribution is -0.203. The predicted molar refractivity (Wildman–Crippen MR) is 114 cm³/mol. The van der Waals surface area contributed by atoms with E-state index < -0.39 is 23.7 Å². The lowest BCUT2D eigenvalue weighted by atomic mass is 9.88. The molecule has 0 fully saturated rings. The molecule has 2 N–H and O–H groups in total. The van der Waals surface area contributed by atoms with Crippen LogP contribution >= 0.6 is 22.9 Å². The van der Waals surface area contributed by atoms with E-state index in [0.29, 0.717) is 24.3 Å². The minimum atomic E-state index is -5.30. The molecular weight excluding hydrogens is 467 g/mol. The molecule has 2 atom stereocenters. The zero-order chi connectivity index (χ0) is 23.7. The number of anilines is 1. The van der Waals surface area contributed by atoms with E-state index in [0.717, 1.165) is 29.7 Å². The van der Waals surface area contributed by atoms with Crippen LogP contribution < -0.4 is 10.6 Å². The first kappa shape index (κ1) is 23.9. The molecule has 0 spiro atoms. The number of nitrogens with zero attached hydrogens (tertiary/aromatic N) is 1. The van der Waals surface area contributed by atoms with Crippen molar-refractivity contribution >= 4 is 39.8 Å². The highest BCUT2D eigenvalue weighted by molar-refractivity contribution is 7.16. The summed E-state index contributed by atoms with van der Waals surface area (Å²) in [6.07, 6.45) is -3.34.